The summed E-state index contributed by atoms with van der Waals surface area (Å²) in [6.45, 7) is 8.55. The molecule has 264 valence electrons. The molecule has 1 aromatic heterocycles. The van der Waals surface area contributed by atoms with Crippen LogP contribution in [0.1, 0.15) is 99.9 Å². The van der Waals surface area contributed by atoms with Crippen LogP contribution >= 0.6 is 11.3 Å². The number of thiazole rings is 1. The summed E-state index contributed by atoms with van der Waals surface area (Å²) in [5.74, 6) is -7.65. The Morgan fingerprint density at radius 3 is 2.25 bits per heavy atom. The van der Waals surface area contributed by atoms with Gasteiger partial charge >= 0.3 is 12.1 Å². The first kappa shape index (κ1) is 34.5. The molecule has 1 aromatic carbocycles. The number of ether oxygens (including phenoxy) is 2. The Morgan fingerprint density at radius 1 is 0.938 bits per heavy atom. The van der Waals surface area contributed by atoms with Crippen LogP contribution in [-0.4, -0.2) is 57.5 Å². The molecule has 5 unspecified atom stereocenters. The number of nitrogens with zero attached hydrogens (tertiary/aromatic N) is 1. The summed E-state index contributed by atoms with van der Waals surface area (Å²) in [6.07, 6.45) is -3.00. The molecule has 4 fully saturated rings. The molecule has 4 aliphatic carbocycles. The lowest BCUT2D eigenvalue weighted by Crippen LogP contribution is -2.65. The van der Waals surface area contributed by atoms with E-state index in [2.05, 4.69) is 18.8 Å². The number of aliphatic hydroxyl groups is 2. The molecule has 2 heterocycles. The van der Waals surface area contributed by atoms with E-state index < -0.39 is 52.8 Å². The predicted molar refractivity (Wildman–Crippen MR) is 172 cm³/mol. The zero-order chi connectivity index (χ0) is 34.5. The third kappa shape index (κ3) is 5.31. The van der Waals surface area contributed by atoms with E-state index in [4.69, 9.17) is 9.47 Å². The summed E-state index contributed by atoms with van der Waals surface area (Å²) in [5, 5.41) is 27.0. The van der Waals surface area contributed by atoms with Gasteiger partial charge in [0.05, 0.1) is 29.5 Å². The maximum Gasteiger partial charge on any atom is 0.456 e. The van der Waals surface area contributed by atoms with Gasteiger partial charge in [0.2, 0.25) is 0 Å². The molecule has 3 saturated carbocycles. The standard InChI is InChI=1S/C37H46F5NO4S/c1-22-43-25(18-48-22)10-7-23-5-8-24(9-6-23)27-17-32(4)28(13-16-35(32,45)36(38,39)37(40,41)42)26-11-14-33(44)19-34(15-12-29(33)30(26)27)46-20-31(2,3)21-47-34/h5-6,8-9,18,26-28,44-45H,7,10-17,19-21H2,1-4H3/t26?,27-,28?,32?,33?,35?/m1/s1. The molecule has 1 aliphatic heterocycles. The first-order chi connectivity index (χ1) is 22.3. The highest BCUT2D eigenvalue weighted by molar-refractivity contribution is 7.09. The van der Waals surface area contributed by atoms with Gasteiger partial charge in [-0.1, -0.05) is 50.6 Å². The minimum absolute atomic E-state index is 0.0610. The first-order valence-electron chi connectivity index (χ1n) is 17.2. The number of allylic oxidation sites excluding steroid dienone is 1. The van der Waals surface area contributed by atoms with Gasteiger partial charge < -0.3 is 19.7 Å². The van der Waals surface area contributed by atoms with Gasteiger partial charge in [0.1, 0.15) is 5.60 Å². The van der Waals surface area contributed by atoms with Crippen LogP contribution in [0.2, 0.25) is 0 Å². The van der Waals surface area contributed by atoms with Crippen LogP contribution in [0.5, 0.6) is 0 Å². The molecule has 7 rings (SSSR count). The lowest BCUT2D eigenvalue weighted by Gasteiger charge is -2.59. The van der Waals surface area contributed by atoms with Crippen molar-refractivity contribution in [2.24, 2.45) is 22.7 Å². The van der Waals surface area contributed by atoms with Crippen molar-refractivity contribution >= 4 is 11.3 Å². The van der Waals surface area contributed by atoms with Crippen LogP contribution in [0.4, 0.5) is 22.0 Å². The molecular formula is C37H46F5NO4S. The summed E-state index contributed by atoms with van der Waals surface area (Å²) in [6, 6.07) is 7.88. The average Bonchev–Trinajstić information content (AvgIpc) is 3.56. The molecule has 1 saturated heterocycles. The Labute approximate surface area is 282 Å². The lowest BCUT2D eigenvalue weighted by atomic mass is 9.49. The molecule has 2 N–H and O–H groups in total. The van der Waals surface area contributed by atoms with Gasteiger partial charge in [-0.05, 0) is 86.8 Å². The average molecular weight is 696 g/mol. The number of aryl methyl sites for hydroxylation is 3. The zero-order valence-electron chi connectivity index (χ0n) is 28.1. The first-order valence-corrected chi connectivity index (χ1v) is 18.1. The van der Waals surface area contributed by atoms with E-state index in [0.717, 1.165) is 45.8 Å². The Hall–Kier alpha value is -1.92. The van der Waals surface area contributed by atoms with Crippen molar-refractivity contribution in [1.29, 1.82) is 0 Å². The number of alkyl halides is 5. The van der Waals surface area contributed by atoms with E-state index in [1.165, 1.54) is 6.92 Å². The quantitative estimate of drug-likeness (QED) is 0.243. The number of benzene rings is 1. The third-order valence-corrected chi connectivity index (χ3v) is 13.4. The molecule has 0 bridgehead atoms. The van der Waals surface area contributed by atoms with Crippen molar-refractivity contribution in [3.63, 3.8) is 0 Å². The summed E-state index contributed by atoms with van der Waals surface area (Å²) in [5.41, 5.74) is -1.65. The highest BCUT2D eigenvalue weighted by Crippen LogP contribution is 2.71. The minimum atomic E-state index is -5.88. The summed E-state index contributed by atoms with van der Waals surface area (Å²) < 4.78 is 85.3. The Bertz CT molecular complexity index is 1580. The zero-order valence-corrected chi connectivity index (χ0v) is 28.9. The van der Waals surface area contributed by atoms with Gasteiger partial charge in [-0.3, -0.25) is 0 Å². The highest BCUT2D eigenvalue weighted by Gasteiger charge is 2.79. The lowest BCUT2D eigenvalue weighted by molar-refractivity contribution is -0.362. The Balaban J connectivity index is 1.27. The second-order valence-corrected chi connectivity index (χ2v) is 17.4. The molecule has 0 amide bonds. The van der Waals surface area contributed by atoms with Crippen LogP contribution in [0.3, 0.4) is 0 Å². The number of hydrogen-bond donors (Lipinski definition) is 2. The van der Waals surface area contributed by atoms with Gasteiger partial charge in [0, 0.05) is 35.0 Å². The van der Waals surface area contributed by atoms with E-state index in [-0.39, 0.29) is 30.6 Å². The Morgan fingerprint density at radius 2 is 1.62 bits per heavy atom. The fourth-order valence-electron chi connectivity index (χ4n) is 10.0. The van der Waals surface area contributed by atoms with Crippen LogP contribution in [-0.2, 0) is 22.3 Å². The SMILES string of the molecule is Cc1nc(CCc2ccc([C@H]3CC4(C)C(CCC4(O)C(F)(F)C(F)(F)F)C4CCC5(O)CC6(CCC5=C43)OCC(C)(C)CO6)cc2)cs1. The summed E-state index contributed by atoms with van der Waals surface area (Å²) >= 11 is 1.60. The maximum atomic E-state index is 15.4. The van der Waals surface area contributed by atoms with E-state index in [0.29, 0.717) is 38.9 Å². The number of aromatic nitrogens is 1. The van der Waals surface area contributed by atoms with Crippen molar-refractivity contribution in [2.75, 3.05) is 13.2 Å². The van der Waals surface area contributed by atoms with Crippen molar-refractivity contribution in [2.45, 2.75) is 127 Å². The molecule has 1 spiro atoms. The smallest absolute Gasteiger partial charge is 0.385 e. The van der Waals surface area contributed by atoms with Crippen molar-refractivity contribution in [3.8, 4) is 0 Å². The fraction of sp³-hybridized carbons (Fsp3) is 0.703. The monoisotopic (exact) mass is 695 g/mol. The van der Waals surface area contributed by atoms with Gasteiger partial charge in [0.25, 0.3) is 0 Å². The van der Waals surface area contributed by atoms with E-state index in [1.54, 1.807) is 11.3 Å². The van der Waals surface area contributed by atoms with E-state index in [1.807, 2.05) is 36.6 Å². The van der Waals surface area contributed by atoms with Crippen molar-refractivity contribution in [1.82, 2.24) is 4.98 Å². The second kappa shape index (κ2) is 11.3. The third-order valence-electron chi connectivity index (χ3n) is 12.6. The normalized spacial score (nSPS) is 36.1. The molecule has 6 atom stereocenters. The largest absolute Gasteiger partial charge is 0.456 e. The molecule has 5 aliphatic rings. The summed E-state index contributed by atoms with van der Waals surface area (Å²) in [4.78, 5) is 4.54. The maximum absolute atomic E-state index is 15.4. The topological polar surface area (TPSA) is 71.8 Å². The molecule has 5 nitrogen and oxygen atoms in total. The minimum Gasteiger partial charge on any atom is -0.385 e. The predicted octanol–water partition coefficient (Wildman–Crippen LogP) is 8.46. The molecule has 2 aromatic rings. The molecule has 0 radical (unpaired) electrons. The fourth-order valence-corrected chi connectivity index (χ4v) is 10.7. The van der Waals surface area contributed by atoms with Gasteiger partial charge in [-0.2, -0.15) is 22.0 Å². The van der Waals surface area contributed by atoms with Gasteiger partial charge in [-0.15, -0.1) is 11.3 Å². The highest BCUT2D eigenvalue weighted by atomic mass is 32.1. The van der Waals surface area contributed by atoms with Crippen LogP contribution in [0.25, 0.3) is 0 Å². The Kier molecular flexibility index (Phi) is 8.12. The second-order valence-electron chi connectivity index (χ2n) is 16.3. The van der Waals surface area contributed by atoms with E-state index >= 15 is 8.78 Å². The van der Waals surface area contributed by atoms with E-state index in [9.17, 15) is 23.4 Å². The van der Waals surface area contributed by atoms with Crippen LogP contribution in [0.15, 0.2) is 40.8 Å². The number of fused-ring (bicyclic) bond motifs is 4. The molecule has 11 heteroatoms. The number of halogens is 5. The molecule has 48 heavy (non-hydrogen) atoms. The number of rotatable bonds is 5. The summed E-state index contributed by atoms with van der Waals surface area (Å²) in [7, 11) is 0. The van der Waals surface area contributed by atoms with Crippen LogP contribution < -0.4 is 0 Å². The van der Waals surface area contributed by atoms with Crippen LogP contribution in [0, 0.1) is 29.6 Å². The van der Waals surface area contributed by atoms with Gasteiger partial charge in [-0.25, -0.2) is 4.98 Å². The number of hydrogen-bond acceptors (Lipinski definition) is 6. The van der Waals surface area contributed by atoms with Crippen molar-refractivity contribution in [3.05, 3.63) is 62.6 Å². The van der Waals surface area contributed by atoms with Gasteiger partial charge in [0.15, 0.2) is 5.79 Å². The van der Waals surface area contributed by atoms with Crippen molar-refractivity contribution < 1.29 is 41.6 Å². The molecular weight excluding hydrogens is 649 g/mol.